The molecule has 2 fully saturated rings. The fourth-order valence-electron chi connectivity index (χ4n) is 4.07. The Kier molecular flexibility index (Phi) is 4.52. The summed E-state index contributed by atoms with van der Waals surface area (Å²) in [6.45, 7) is 3.58. The molecule has 0 spiro atoms. The average Bonchev–Trinajstić information content (AvgIpc) is 3.23. The SMILES string of the molecule is CC(C(=O)N1CCCC(N2CCCS2(=O)=O)C1)c1cc2ccccc2o1. The van der Waals surface area contributed by atoms with Crippen molar-refractivity contribution in [3.05, 3.63) is 36.1 Å². The molecule has 2 saturated heterocycles. The minimum atomic E-state index is -3.15. The fourth-order valence-corrected chi connectivity index (χ4v) is 5.83. The second kappa shape index (κ2) is 6.70. The molecule has 2 unspecified atom stereocenters. The molecule has 0 radical (unpaired) electrons. The number of carbonyl (C=O) groups is 1. The molecule has 1 aromatic carbocycles. The summed E-state index contributed by atoms with van der Waals surface area (Å²) in [7, 11) is -3.15. The quantitative estimate of drug-likeness (QED) is 0.825. The molecule has 2 aromatic rings. The summed E-state index contributed by atoms with van der Waals surface area (Å²) in [5, 5.41) is 0.988. The molecule has 2 aliphatic heterocycles. The molecule has 140 valence electrons. The summed E-state index contributed by atoms with van der Waals surface area (Å²) in [6, 6.07) is 9.54. The minimum absolute atomic E-state index is 0.00495. The van der Waals surface area contributed by atoms with Gasteiger partial charge in [-0.2, -0.15) is 4.31 Å². The van der Waals surface area contributed by atoms with E-state index in [4.69, 9.17) is 4.42 Å². The van der Waals surface area contributed by atoms with E-state index in [1.54, 1.807) is 9.21 Å². The predicted molar refractivity (Wildman–Crippen MR) is 99.3 cm³/mol. The number of para-hydroxylation sites is 1. The van der Waals surface area contributed by atoms with E-state index in [-0.39, 0.29) is 23.6 Å². The van der Waals surface area contributed by atoms with Gasteiger partial charge in [0.2, 0.25) is 15.9 Å². The normalized spacial score (nSPS) is 24.8. The maximum absolute atomic E-state index is 13.0. The Morgan fingerprint density at radius 1 is 1.23 bits per heavy atom. The highest BCUT2D eigenvalue weighted by atomic mass is 32.2. The number of benzene rings is 1. The van der Waals surface area contributed by atoms with E-state index in [0.29, 0.717) is 31.8 Å². The number of rotatable bonds is 3. The number of hydrogen-bond acceptors (Lipinski definition) is 4. The number of fused-ring (bicyclic) bond motifs is 1. The molecule has 1 amide bonds. The Bertz CT molecular complexity index is 888. The van der Waals surface area contributed by atoms with Crippen molar-refractivity contribution in [3.8, 4) is 0 Å². The van der Waals surface area contributed by atoms with Gasteiger partial charge >= 0.3 is 0 Å². The first kappa shape index (κ1) is 17.5. The number of likely N-dealkylation sites (tertiary alicyclic amines) is 1. The van der Waals surface area contributed by atoms with Crippen LogP contribution < -0.4 is 0 Å². The first-order valence-electron chi connectivity index (χ1n) is 9.22. The highest BCUT2D eigenvalue weighted by molar-refractivity contribution is 7.89. The summed E-state index contributed by atoms with van der Waals surface area (Å²) in [4.78, 5) is 14.8. The number of hydrogen-bond donors (Lipinski definition) is 0. The third kappa shape index (κ3) is 3.14. The number of carbonyl (C=O) groups excluding carboxylic acids is 1. The van der Waals surface area contributed by atoms with E-state index >= 15 is 0 Å². The number of amides is 1. The highest BCUT2D eigenvalue weighted by Crippen LogP contribution is 2.29. The Morgan fingerprint density at radius 2 is 2.04 bits per heavy atom. The number of nitrogens with zero attached hydrogens (tertiary/aromatic N) is 2. The van der Waals surface area contributed by atoms with Crippen LogP contribution in [0.15, 0.2) is 34.7 Å². The molecule has 4 rings (SSSR count). The molecule has 0 bridgehead atoms. The molecule has 0 N–H and O–H groups in total. The predicted octanol–water partition coefficient (Wildman–Crippen LogP) is 2.56. The van der Waals surface area contributed by atoms with Crippen LogP contribution in [-0.4, -0.2) is 55.0 Å². The van der Waals surface area contributed by atoms with Gasteiger partial charge in [0.25, 0.3) is 0 Å². The van der Waals surface area contributed by atoms with Crippen molar-refractivity contribution < 1.29 is 17.6 Å². The molecule has 2 atom stereocenters. The standard InChI is InChI=1S/C19H24N2O4S/c1-14(18-12-15-6-2-3-8-17(15)25-18)19(22)20-9-4-7-16(13-20)21-10-5-11-26(21,23)24/h2-3,6,8,12,14,16H,4-5,7,9-11,13H2,1H3. The zero-order valence-corrected chi connectivity index (χ0v) is 15.7. The van der Waals surface area contributed by atoms with Crippen molar-refractivity contribution >= 4 is 26.9 Å². The first-order valence-corrected chi connectivity index (χ1v) is 10.8. The molecule has 2 aliphatic rings. The van der Waals surface area contributed by atoms with Crippen molar-refractivity contribution in [1.29, 1.82) is 0 Å². The third-order valence-electron chi connectivity index (χ3n) is 5.50. The van der Waals surface area contributed by atoms with Crippen LogP contribution in [0.4, 0.5) is 0 Å². The van der Waals surface area contributed by atoms with E-state index in [9.17, 15) is 13.2 Å². The van der Waals surface area contributed by atoms with Crippen molar-refractivity contribution in [2.75, 3.05) is 25.4 Å². The second-order valence-electron chi connectivity index (χ2n) is 7.27. The largest absolute Gasteiger partial charge is 0.460 e. The van der Waals surface area contributed by atoms with Crippen molar-refractivity contribution in [3.63, 3.8) is 0 Å². The van der Waals surface area contributed by atoms with Gasteiger partial charge in [-0.25, -0.2) is 8.42 Å². The zero-order chi connectivity index (χ0) is 18.3. The van der Waals surface area contributed by atoms with Crippen LogP contribution in [0.3, 0.4) is 0 Å². The smallest absolute Gasteiger partial charge is 0.233 e. The van der Waals surface area contributed by atoms with Crippen LogP contribution in [0.1, 0.15) is 37.9 Å². The van der Waals surface area contributed by atoms with Gasteiger partial charge in [0.15, 0.2) is 0 Å². The Morgan fingerprint density at radius 3 is 2.77 bits per heavy atom. The lowest BCUT2D eigenvalue weighted by Crippen LogP contribution is -2.51. The molecule has 6 nitrogen and oxygen atoms in total. The lowest BCUT2D eigenvalue weighted by atomic mass is 10.0. The van der Waals surface area contributed by atoms with Crippen molar-refractivity contribution in [2.24, 2.45) is 0 Å². The molecule has 26 heavy (non-hydrogen) atoms. The van der Waals surface area contributed by atoms with Gasteiger partial charge in [-0.05, 0) is 38.3 Å². The third-order valence-corrected chi connectivity index (χ3v) is 7.50. The van der Waals surface area contributed by atoms with E-state index in [2.05, 4.69) is 0 Å². The van der Waals surface area contributed by atoms with Crippen LogP contribution in [0.2, 0.25) is 0 Å². The van der Waals surface area contributed by atoms with E-state index in [1.165, 1.54) is 0 Å². The van der Waals surface area contributed by atoms with Gasteiger partial charge < -0.3 is 9.32 Å². The van der Waals surface area contributed by atoms with Crippen LogP contribution in [0.5, 0.6) is 0 Å². The van der Waals surface area contributed by atoms with Gasteiger partial charge in [-0.3, -0.25) is 4.79 Å². The summed E-state index contributed by atoms with van der Waals surface area (Å²) in [6.07, 6.45) is 2.33. The van der Waals surface area contributed by atoms with E-state index in [1.807, 2.05) is 37.3 Å². The Balaban J connectivity index is 1.50. The summed E-state index contributed by atoms with van der Waals surface area (Å²) >= 11 is 0. The Hall–Kier alpha value is -1.86. The van der Waals surface area contributed by atoms with Crippen LogP contribution in [0, 0.1) is 0 Å². The zero-order valence-electron chi connectivity index (χ0n) is 14.9. The average molecular weight is 376 g/mol. The second-order valence-corrected chi connectivity index (χ2v) is 9.31. The molecular weight excluding hydrogens is 352 g/mol. The molecule has 0 aliphatic carbocycles. The molecule has 7 heteroatoms. The Labute approximate surface area is 153 Å². The monoisotopic (exact) mass is 376 g/mol. The first-order chi connectivity index (χ1) is 12.5. The van der Waals surface area contributed by atoms with Crippen molar-refractivity contribution in [2.45, 2.75) is 38.1 Å². The molecule has 1 aromatic heterocycles. The highest BCUT2D eigenvalue weighted by Gasteiger charge is 2.38. The van der Waals surface area contributed by atoms with Gasteiger partial charge in [0.05, 0.1) is 11.7 Å². The fraction of sp³-hybridized carbons (Fsp3) is 0.526. The van der Waals surface area contributed by atoms with Gasteiger partial charge in [-0.1, -0.05) is 18.2 Å². The van der Waals surface area contributed by atoms with Crippen molar-refractivity contribution in [1.82, 2.24) is 9.21 Å². The molecule has 3 heterocycles. The summed E-state index contributed by atoms with van der Waals surface area (Å²) in [5.74, 6) is 0.515. The minimum Gasteiger partial charge on any atom is -0.460 e. The summed E-state index contributed by atoms with van der Waals surface area (Å²) in [5.41, 5.74) is 0.779. The van der Waals surface area contributed by atoms with Gasteiger partial charge in [0.1, 0.15) is 11.3 Å². The van der Waals surface area contributed by atoms with Crippen LogP contribution in [0.25, 0.3) is 11.0 Å². The molecule has 0 saturated carbocycles. The lowest BCUT2D eigenvalue weighted by Gasteiger charge is -2.37. The van der Waals surface area contributed by atoms with Gasteiger partial charge in [0, 0.05) is 31.1 Å². The molecular formula is C19H24N2O4S. The number of sulfonamides is 1. The van der Waals surface area contributed by atoms with Crippen LogP contribution in [-0.2, 0) is 14.8 Å². The maximum Gasteiger partial charge on any atom is 0.233 e. The lowest BCUT2D eigenvalue weighted by molar-refractivity contribution is -0.134. The summed E-state index contributed by atoms with van der Waals surface area (Å²) < 4.78 is 31.9. The van der Waals surface area contributed by atoms with E-state index < -0.39 is 10.0 Å². The van der Waals surface area contributed by atoms with E-state index in [0.717, 1.165) is 23.8 Å². The topological polar surface area (TPSA) is 70.8 Å². The van der Waals surface area contributed by atoms with Crippen LogP contribution >= 0.6 is 0 Å². The van der Waals surface area contributed by atoms with Gasteiger partial charge in [-0.15, -0.1) is 0 Å². The number of furan rings is 1. The maximum atomic E-state index is 13.0. The number of piperidine rings is 1.